The first-order chi connectivity index (χ1) is 12.1. The Morgan fingerprint density at radius 1 is 1.04 bits per heavy atom. The summed E-state index contributed by atoms with van der Waals surface area (Å²) in [5.41, 5.74) is 1.55. The Kier molecular flexibility index (Phi) is 7.76. The van der Waals surface area contributed by atoms with E-state index in [1.54, 1.807) is 12.1 Å². The highest BCUT2D eigenvalue weighted by molar-refractivity contribution is 5.91. The molecule has 1 amide bonds. The highest BCUT2D eigenvalue weighted by atomic mass is 16.5. The topological polar surface area (TPSA) is 58.6 Å². The van der Waals surface area contributed by atoms with Gasteiger partial charge in [0.2, 0.25) is 0 Å². The fraction of sp³-hybridized carbons (Fsp3) is 0.600. The number of rotatable bonds is 7. The van der Waals surface area contributed by atoms with Crippen LogP contribution >= 0.6 is 0 Å². The van der Waals surface area contributed by atoms with Crippen molar-refractivity contribution in [2.45, 2.75) is 58.4 Å². The zero-order chi connectivity index (χ0) is 18.1. The van der Waals surface area contributed by atoms with Gasteiger partial charge in [-0.1, -0.05) is 25.7 Å². The van der Waals surface area contributed by atoms with Crippen molar-refractivity contribution in [2.24, 2.45) is 0 Å². The van der Waals surface area contributed by atoms with Crippen LogP contribution in [-0.4, -0.2) is 37.6 Å². The number of anilines is 1. The Bertz CT molecular complexity index is 545. The lowest BCUT2D eigenvalue weighted by Gasteiger charge is -2.21. The second kappa shape index (κ2) is 10.1. The Morgan fingerprint density at radius 2 is 1.64 bits per heavy atom. The van der Waals surface area contributed by atoms with Crippen LogP contribution in [0.25, 0.3) is 0 Å². The number of nitrogens with zero attached hydrogens (tertiary/aromatic N) is 1. The van der Waals surface area contributed by atoms with Crippen molar-refractivity contribution >= 4 is 17.6 Å². The number of ether oxygens (including phenoxy) is 1. The molecule has 0 unspecified atom stereocenters. The first kappa shape index (κ1) is 19.3. The smallest absolute Gasteiger partial charge is 0.338 e. The van der Waals surface area contributed by atoms with Gasteiger partial charge in [-0.3, -0.25) is 4.79 Å². The molecule has 1 aliphatic rings. The fourth-order valence-electron chi connectivity index (χ4n) is 3.30. The quantitative estimate of drug-likeness (QED) is 0.606. The molecule has 25 heavy (non-hydrogen) atoms. The van der Waals surface area contributed by atoms with E-state index in [9.17, 15) is 9.59 Å². The number of hydrogen-bond acceptors (Lipinski definition) is 4. The van der Waals surface area contributed by atoms with Crippen LogP contribution in [0.3, 0.4) is 0 Å². The van der Waals surface area contributed by atoms with E-state index in [0.717, 1.165) is 44.5 Å². The highest BCUT2D eigenvalue weighted by Crippen LogP contribution is 2.17. The van der Waals surface area contributed by atoms with Crippen LogP contribution in [0.5, 0.6) is 0 Å². The second-order valence-electron chi connectivity index (χ2n) is 6.55. The van der Waals surface area contributed by atoms with Crippen LogP contribution < -0.4 is 10.2 Å². The van der Waals surface area contributed by atoms with Crippen molar-refractivity contribution in [3.63, 3.8) is 0 Å². The number of carbonyl (C=O) groups excluding carboxylic acids is 2. The third-order valence-electron chi connectivity index (χ3n) is 4.79. The largest absolute Gasteiger partial charge is 0.452 e. The molecule has 1 aromatic rings. The van der Waals surface area contributed by atoms with E-state index < -0.39 is 5.97 Å². The zero-order valence-electron chi connectivity index (χ0n) is 15.4. The molecule has 0 radical (unpaired) electrons. The minimum Gasteiger partial charge on any atom is -0.452 e. The average molecular weight is 346 g/mol. The molecule has 0 aromatic heterocycles. The number of hydrogen-bond donors (Lipinski definition) is 1. The lowest BCUT2D eigenvalue weighted by molar-refractivity contribution is -0.125. The van der Waals surface area contributed by atoms with Crippen LogP contribution in [0.4, 0.5) is 5.69 Å². The van der Waals surface area contributed by atoms with E-state index in [2.05, 4.69) is 24.1 Å². The summed E-state index contributed by atoms with van der Waals surface area (Å²) >= 11 is 0. The van der Waals surface area contributed by atoms with E-state index in [1.807, 2.05) is 12.1 Å². The minimum atomic E-state index is -0.456. The number of nitrogens with one attached hydrogen (secondary N) is 1. The molecule has 2 rings (SSSR count). The maximum absolute atomic E-state index is 12.1. The molecule has 0 heterocycles. The zero-order valence-corrected chi connectivity index (χ0v) is 15.4. The summed E-state index contributed by atoms with van der Waals surface area (Å²) in [4.78, 5) is 26.3. The minimum absolute atomic E-state index is 0.208. The molecule has 1 N–H and O–H groups in total. The molecule has 0 atom stereocenters. The van der Waals surface area contributed by atoms with Crippen molar-refractivity contribution in [3.8, 4) is 0 Å². The lowest BCUT2D eigenvalue weighted by atomic mass is 10.1. The molecule has 0 bridgehead atoms. The van der Waals surface area contributed by atoms with Gasteiger partial charge >= 0.3 is 5.97 Å². The number of carbonyl (C=O) groups is 2. The third kappa shape index (κ3) is 6.07. The van der Waals surface area contributed by atoms with Crippen LogP contribution in [-0.2, 0) is 9.53 Å². The van der Waals surface area contributed by atoms with Crippen molar-refractivity contribution < 1.29 is 14.3 Å². The maximum atomic E-state index is 12.1. The maximum Gasteiger partial charge on any atom is 0.338 e. The number of amides is 1. The van der Waals surface area contributed by atoms with Crippen LogP contribution in [0.1, 0.15) is 62.7 Å². The van der Waals surface area contributed by atoms with E-state index in [-0.39, 0.29) is 18.6 Å². The standard InChI is InChI=1S/C20H30N2O3/c1-3-22(4-2)18-13-11-16(12-14-18)20(24)25-15-19(23)21-17-9-7-5-6-8-10-17/h11-14,17H,3-10,15H2,1-2H3,(H,21,23). The molecular weight excluding hydrogens is 316 g/mol. The number of esters is 1. The molecule has 0 spiro atoms. The summed E-state index contributed by atoms with van der Waals surface area (Å²) in [5, 5.41) is 2.98. The molecule has 138 valence electrons. The van der Waals surface area contributed by atoms with Gasteiger partial charge in [0.25, 0.3) is 5.91 Å². The normalized spacial score (nSPS) is 15.3. The van der Waals surface area contributed by atoms with Gasteiger partial charge in [0.1, 0.15) is 0 Å². The molecule has 5 heteroatoms. The van der Waals surface area contributed by atoms with Gasteiger partial charge in [-0.2, -0.15) is 0 Å². The van der Waals surface area contributed by atoms with Gasteiger partial charge < -0.3 is 15.0 Å². The van der Waals surface area contributed by atoms with E-state index in [0.29, 0.717) is 5.56 Å². The highest BCUT2D eigenvalue weighted by Gasteiger charge is 2.16. The van der Waals surface area contributed by atoms with Crippen LogP contribution in [0.15, 0.2) is 24.3 Å². The van der Waals surface area contributed by atoms with Gasteiger partial charge in [-0.25, -0.2) is 4.79 Å². The second-order valence-corrected chi connectivity index (χ2v) is 6.55. The lowest BCUT2D eigenvalue weighted by Crippen LogP contribution is -2.37. The van der Waals surface area contributed by atoms with Crippen molar-refractivity contribution in [1.29, 1.82) is 0 Å². The van der Waals surface area contributed by atoms with Gasteiger partial charge in [0, 0.05) is 24.8 Å². The van der Waals surface area contributed by atoms with Crippen molar-refractivity contribution in [2.75, 3.05) is 24.6 Å². The monoisotopic (exact) mass is 346 g/mol. The van der Waals surface area contributed by atoms with Crippen molar-refractivity contribution in [3.05, 3.63) is 29.8 Å². The summed E-state index contributed by atoms with van der Waals surface area (Å²) in [7, 11) is 0. The first-order valence-corrected chi connectivity index (χ1v) is 9.45. The SMILES string of the molecule is CCN(CC)c1ccc(C(=O)OCC(=O)NC2CCCCCC2)cc1. The van der Waals surface area contributed by atoms with E-state index in [1.165, 1.54) is 12.8 Å². The average Bonchev–Trinajstić information content (AvgIpc) is 2.90. The third-order valence-corrected chi connectivity index (χ3v) is 4.79. The van der Waals surface area contributed by atoms with Gasteiger partial charge in [-0.05, 0) is 51.0 Å². The van der Waals surface area contributed by atoms with E-state index in [4.69, 9.17) is 4.74 Å². The summed E-state index contributed by atoms with van der Waals surface area (Å²) in [6, 6.07) is 7.55. The van der Waals surface area contributed by atoms with E-state index >= 15 is 0 Å². The van der Waals surface area contributed by atoms with Gasteiger partial charge in [0.05, 0.1) is 5.56 Å². The Hall–Kier alpha value is -2.04. The first-order valence-electron chi connectivity index (χ1n) is 9.45. The summed E-state index contributed by atoms with van der Waals surface area (Å²) in [6.07, 6.45) is 6.84. The Labute approximate surface area is 150 Å². The predicted molar refractivity (Wildman–Crippen MR) is 99.9 cm³/mol. The van der Waals surface area contributed by atoms with Crippen molar-refractivity contribution in [1.82, 2.24) is 5.32 Å². The molecule has 1 fully saturated rings. The predicted octanol–water partition coefficient (Wildman–Crippen LogP) is 3.53. The summed E-state index contributed by atoms with van der Waals surface area (Å²) < 4.78 is 5.15. The van der Waals surface area contributed by atoms with Crippen LogP contribution in [0, 0.1) is 0 Å². The molecule has 1 aromatic carbocycles. The fourth-order valence-corrected chi connectivity index (χ4v) is 3.30. The Balaban J connectivity index is 1.80. The molecule has 1 saturated carbocycles. The molecule has 0 saturated heterocycles. The molecule has 1 aliphatic carbocycles. The van der Waals surface area contributed by atoms with Gasteiger partial charge in [-0.15, -0.1) is 0 Å². The number of benzene rings is 1. The summed E-state index contributed by atoms with van der Waals surface area (Å²) in [5.74, 6) is -0.665. The molecular formula is C20H30N2O3. The Morgan fingerprint density at radius 3 is 2.20 bits per heavy atom. The molecule has 5 nitrogen and oxygen atoms in total. The summed E-state index contributed by atoms with van der Waals surface area (Å²) in [6.45, 7) is 5.81. The van der Waals surface area contributed by atoms with Crippen LogP contribution in [0.2, 0.25) is 0 Å². The molecule has 0 aliphatic heterocycles. The van der Waals surface area contributed by atoms with Gasteiger partial charge in [0.15, 0.2) is 6.61 Å².